The molecule has 1 heterocycles. The second kappa shape index (κ2) is 2.94. The number of oxazole rings is 1. The van der Waals surface area contributed by atoms with Crippen molar-refractivity contribution >= 4 is 0 Å². The molecule has 1 fully saturated rings. The monoisotopic (exact) mass is 200 g/mol. The first-order valence-corrected chi connectivity index (χ1v) is 5.06. The molecule has 76 valence electrons. The maximum absolute atomic E-state index is 6.14. The normalized spacial score (nSPS) is 17.7. The van der Waals surface area contributed by atoms with Gasteiger partial charge in [-0.25, -0.2) is 4.98 Å². The molecule has 0 bridgehead atoms. The van der Waals surface area contributed by atoms with E-state index in [4.69, 9.17) is 10.2 Å². The molecule has 3 rings (SSSR count). The molecule has 3 nitrogen and oxygen atoms in total. The van der Waals surface area contributed by atoms with Crippen molar-refractivity contribution in [3.8, 4) is 11.3 Å². The number of benzene rings is 1. The van der Waals surface area contributed by atoms with Gasteiger partial charge in [-0.05, 0) is 24.5 Å². The zero-order chi connectivity index (χ0) is 10.3. The van der Waals surface area contributed by atoms with Crippen molar-refractivity contribution in [1.82, 2.24) is 4.98 Å². The highest BCUT2D eigenvalue weighted by molar-refractivity contribution is 5.58. The van der Waals surface area contributed by atoms with E-state index >= 15 is 0 Å². The summed E-state index contributed by atoms with van der Waals surface area (Å²) in [6, 6.07) is 8.19. The van der Waals surface area contributed by atoms with Crippen molar-refractivity contribution in [3.63, 3.8) is 0 Å². The Kier molecular flexibility index (Phi) is 1.70. The number of nitrogens with two attached hydrogens (primary N) is 1. The van der Waals surface area contributed by atoms with E-state index in [0.29, 0.717) is 0 Å². The average Bonchev–Trinajstić information content (AvgIpc) is 2.84. The molecule has 0 unspecified atom stereocenters. The molecule has 1 aromatic heterocycles. The Balaban J connectivity index is 2.04. The molecule has 15 heavy (non-hydrogen) atoms. The van der Waals surface area contributed by atoms with E-state index in [1.54, 1.807) is 6.20 Å². The molecule has 1 saturated carbocycles. The molecule has 1 aliphatic rings. The van der Waals surface area contributed by atoms with Gasteiger partial charge in [-0.15, -0.1) is 0 Å². The fraction of sp³-hybridized carbons (Fsp3) is 0.250. The highest BCUT2D eigenvalue weighted by atomic mass is 16.3. The van der Waals surface area contributed by atoms with Crippen molar-refractivity contribution in [1.29, 1.82) is 0 Å². The van der Waals surface area contributed by atoms with Crippen LogP contribution >= 0.6 is 0 Å². The van der Waals surface area contributed by atoms with E-state index in [9.17, 15) is 0 Å². The van der Waals surface area contributed by atoms with E-state index in [1.165, 1.54) is 12.0 Å². The van der Waals surface area contributed by atoms with Gasteiger partial charge in [0.25, 0.3) is 0 Å². The zero-order valence-corrected chi connectivity index (χ0v) is 8.31. The van der Waals surface area contributed by atoms with Gasteiger partial charge in [0.05, 0.1) is 6.20 Å². The van der Waals surface area contributed by atoms with Gasteiger partial charge in [0, 0.05) is 11.1 Å². The lowest BCUT2D eigenvalue weighted by Crippen LogP contribution is -2.18. The van der Waals surface area contributed by atoms with Crippen LogP contribution in [0.3, 0.4) is 0 Å². The minimum Gasteiger partial charge on any atom is -0.444 e. The smallest absolute Gasteiger partial charge is 0.181 e. The second-order valence-corrected chi connectivity index (χ2v) is 4.10. The summed E-state index contributed by atoms with van der Waals surface area (Å²) >= 11 is 0. The minimum absolute atomic E-state index is 0.0873. The minimum atomic E-state index is -0.0873. The van der Waals surface area contributed by atoms with Crippen LogP contribution in [0.25, 0.3) is 11.3 Å². The lowest BCUT2D eigenvalue weighted by molar-refractivity contribution is 0.571. The predicted octanol–water partition coefficient (Wildman–Crippen LogP) is 2.29. The van der Waals surface area contributed by atoms with Crippen LogP contribution in [0, 0.1) is 0 Å². The molecule has 2 aromatic rings. The Morgan fingerprint density at radius 2 is 2.20 bits per heavy atom. The first-order chi connectivity index (χ1) is 7.28. The quantitative estimate of drug-likeness (QED) is 0.809. The van der Waals surface area contributed by atoms with Gasteiger partial charge in [-0.3, -0.25) is 0 Å². The van der Waals surface area contributed by atoms with E-state index in [1.807, 2.05) is 12.1 Å². The summed E-state index contributed by atoms with van der Waals surface area (Å²) in [6.07, 6.45) is 5.31. The summed E-state index contributed by atoms with van der Waals surface area (Å²) in [7, 11) is 0. The lowest BCUT2D eigenvalue weighted by Gasteiger charge is -2.09. The molecular weight excluding hydrogens is 188 g/mol. The maximum Gasteiger partial charge on any atom is 0.181 e. The SMILES string of the molecule is NC1(c2cccc(-c3cnco3)c2)CC1. The average molecular weight is 200 g/mol. The fourth-order valence-electron chi connectivity index (χ4n) is 1.76. The fourth-order valence-corrected chi connectivity index (χ4v) is 1.76. The van der Waals surface area contributed by atoms with E-state index in [2.05, 4.69) is 17.1 Å². The Morgan fingerprint density at radius 3 is 2.87 bits per heavy atom. The Labute approximate surface area is 87.9 Å². The molecule has 3 heteroatoms. The van der Waals surface area contributed by atoms with Crippen molar-refractivity contribution in [2.75, 3.05) is 0 Å². The maximum atomic E-state index is 6.14. The van der Waals surface area contributed by atoms with Gasteiger partial charge in [0.2, 0.25) is 0 Å². The summed E-state index contributed by atoms with van der Waals surface area (Å²) < 4.78 is 5.26. The zero-order valence-electron chi connectivity index (χ0n) is 8.31. The van der Waals surface area contributed by atoms with Crippen LogP contribution in [-0.4, -0.2) is 4.98 Å². The van der Waals surface area contributed by atoms with E-state index in [0.717, 1.165) is 24.2 Å². The summed E-state index contributed by atoms with van der Waals surface area (Å²) in [6.45, 7) is 0. The van der Waals surface area contributed by atoms with Gasteiger partial charge in [-0.1, -0.05) is 18.2 Å². The Bertz CT molecular complexity index is 472. The van der Waals surface area contributed by atoms with Gasteiger partial charge in [0.1, 0.15) is 0 Å². The Morgan fingerprint density at radius 1 is 1.33 bits per heavy atom. The first kappa shape index (κ1) is 8.68. The Hall–Kier alpha value is -1.61. The molecule has 0 radical (unpaired) electrons. The van der Waals surface area contributed by atoms with Crippen molar-refractivity contribution in [3.05, 3.63) is 42.4 Å². The van der Waals surface area contributed by atoms with Crippen molar-refractivity contribution in [2.24, 2.45) is 5.73 Å². The van der Waals surface area contributed by atoms with Crippen LogP contribution < -0.4 is 5.73 Å². The number of nitrogens with zero attached hydrogens (tertiary/aromatic N) is 1. The standard InChI is InChI=1S/C12H12N2O/c13-12(4-5-12)10-3-1-2-9(6-10)11-7-14-8-15-11/h1-3,6-8H,4-5,13H2. The summed E-state index contributed by atoms with van der Waals surface area (Å²) in [4.78, 5) is 3.91. The summed E-state index contributed by atoms with van der Waals surface area (Å²) in [5.74, 6) is 0.793. The topological polar surface area (TPSA) is 52.0 Å². The van der Waals surface area contributed by atoms with Crippen LogP contribution in [0.15, 0.2) is 41.3 Å². The molecular formula is C12H12N2O. The molecule has 0 spiro atoms. The van der Waals surface area contributed by atoms with Crippen LogP contribution in [0.2, 0.25) is 0 Å². The number of aromatic nitrogens is 1. The van der Waals surface area contributed by atoms with Gasteiger partial charge < -0.3 is 10.2 Å². The number of hydrogen-bond acceptors (Lipinski definition) is 3. The van der Waals surface area contributed by atoms with E-state index < -0.39 is 0 Å². The second-order valence-electron chi connectivity index (χ2n) is 4.10. The molecule has 2 N–H and O–H groups in total. The van der Waals surface area contributed by atoms with Crippen molar-refractivity contribution in [2.45, 2.75) is 18.4 Å². The predicted molar refractivity (Wildman–Crippen MR) is 57.0 cm³/mol. The van der Waals surface area contributed by atoms with Crippen LogP contribution in [-0.2, 0) is 5.54 Å². The van der Waals surface area contributed by atoms with Gasteiger partial charge in [0.15, 0.2) is 12.2 Å². The number of hydrogen-bond donors (Lipinski definition) is 1. The molecule has 0 amide bonds. The third kappa shape index (κ3) is 1.45. The number of rotatable bonds is 2. The third-order valence-corrected chi connectivity index (χ3v) is 2.94. The highest BCUT2D eigenvalue weighted by Crippen LogP contribution is 2.43. The van der Waals surface area contributed by atoms with Crippen molar-refractivity contribution < 1.29 is 4.42 Å². The summed E-state index contributed by atoms with van der Waals surface area (Å²) in [5, 5.41) is 0. The molecule has 1 aromatic carbocycles. The molecule has 0 saturated heterocycles. The molecule has 0 atom stereocenters. The molecule has 0 aliphatic heterocycles. The van der Waals surface area contributed by atoms with Crippen LogP contribution in [0.1, 0.15) is 18.4 Å². The van der Waals surface area contributed by atoms with Crippen LogP contribution in [0.5, 0.6) is 0 Å². The van der Waals surface area contributed by atoms with Crippen LogP contribution in [0.4, 0.5) is 0 Å². The lowest BCUT2D eigenvalue weighted by atomic mass is 10.0. The van der Waals surface area contributed by atoms with Gasteiger partial charge in [-0.2, -0.15) is 0 Å². The summed E-state index contributed by atoms with van der Waals surface area (Å²) in [5.41, 5.74) is 8.29. The largest absolute Gasteiger partial charge is 0.444 e. The third-order valence-electron chi connectivity index (χ3n) is 2.94. The first-order valence-electron chi connectivity index (χ1n) is 5.06. The van der Waals surface area contributed by atoms with E-state index in [-0.39, 0.29) is 5.54 Å². The molecule has 1 aliphatic carbocycles. The highest BCUT2D eigenvalue weighted by Gasteiger charge is 2.39. The van der Waals surface area contributed by atoms with Gasteiger partial charge >= 0.3 is 0 Å².